The van der Waals surface area contributed by atoms with Gasteiger partial charge >= 0.3 is 0 Å². The van der Waals surface area contributed by atoms with E-state index in [1.807, 2.05) is 6.07 Å². The largest absolute Gasteiger partial charge is 0.396 e. The van der Waals surface area contributed by atoms with Crippen molar-refractivity contribution >= 4 is 5.69 Å². The molecule has 0 heterocycles. The third-order valence-electron chi connectivity index (χ3n) is 3.47. The van der Waals surface area contributed by atoms with E-state index in [0.717, 1.165) is 24.8 Å². The van der Waals surface area contributed by atoms with Crippen molar-refractivity contribution < 1.29 is 4.39 Å². The van der Waals surface area contributed by atoms with Gasteiger partial charge in [0.1, 0.15) is 5.82 Å². The molecule has 16 heavy (non-hydrogen) atoms. The van der Waals surface area contributed by atoms with Gasteiger partial charge in [0.2, 0.25) is 0 Å². The molecule has 4 N–H and O–H groups in total. The molecule has 0 saturated heterocycles. The van der Waals surface area contributed by atoms with Gasteiger partial charge in [0.25, 0.3) is 0 Å². The number of hydrogen-bond acceptors (Lipinski definition) is 2. The van der Waals surface area contributed by atoms with Gasteiger partial charge in [0.15, 0.2) is 0 Å². The van der Waals surface area contributed by atoms with Crippen LogP contribution in [0, 0.1) is 11.7 Å². The molecule has 1 saturated carbocycles. The average molecular weight is 222 g/mol. The maximum Gasteiger partial charge on any atom is 0.146 e. The topological polar surface area (TPSA) is 52.0 Å². The van der Waals surface area contributed by atoms with E-state index in [2.05, 4.69) is 6.92 Å². The van der Waals surface area contributed by atoms with Crippen molar-refractivity contribution in [2.24, 2.45) is 11.7 Å². The zero-order chi connectivity index (χ0) is 11.7. The third-order valence-corrected chi connectivity index (χ3v) is 3.47. The van der Waals surface area contributed by atoms with E-state index in [0.29, 0.717) is 11.8 Å². The van der Waals surface area contributed by atoms with Gasteiger partial charge in [-0.2, -0.15) is 0 Å². The van der Waals surface area contributed by atoms with Crippen molar-refractivity contribution in [3.8, 4) is 0 Å². The van der Waals surface area contributed by atoms with Crippen LogP contribution in [-0.2, 0) is 0 Å². The zero-order valence-corrected chi connectivity index (χ0v) is 9.62. The van der Waals surface area contributed by atoms with Crippen LogP contribution in [0.25, 0.3) is 0 Å². The summed E-state index contributed by atoms with van der Waals surface area (Å²) in [5.74, 6) is 0.735. The van der Waals surface area contributed by atoms with Gasteiger partial charge in [0, 0.05) is 6.04 Å². The summed E-state index contributed by atoms with van der Waals surface area (Å²) in [6.45, 7) is 2.22. The fraction of sp³-hybridized carbons (Fsp3) is 0.538. The first kappa shape index (κ1) is 11.4. The van der Waals surface area contributed by atoms with Crippen molar-refractivity contribution in [1.29, 1.82) is 0 Å². The number of nitrogen functional groups attached to an aromatic ring is 1. The summed E-state index contributed by atoms with van der Waals surface area (Å²) in [6.07, 6.45) is 3.20. The second kappa shape index (κ2) is 4.42. The van der Waals surface area contributed by atoms with Crippen LogP contribution >= 0.6 is 0 Å². The Morgan fingerprint density at radius 2 is 2.00 bits per heavy atom. The van der Waals surface area contributed by atoms with Crippen LogP contribution in [0.15, 0.2) is 18.2 Å². The van der Waals surface area contributed by atoms with Crippen LogP contribution in [0.3, 0.4) is 0 Å². The van der Waals surface area contributed by atoms with Crippen LogP contribution < -0.4 is 11.5 Å². The van der Waals surface area contributed by atoms with Crippen molar-refractivity contribution in [2.75, 3.05) is 5.73 Å². The molecule has 1 fully saturated rings. The van der Waals surface area contributed by atoms with Gasteiger partial charge in [-0.1, -0.05) is 13.0 Å². The average Bonchev–Trinajstić information content (AvgIpc) is 2.20. The number of hydrogen-bond donors (Lipinski definition) is 2. The summed E-state index contributed by atoms with van der Waals surface area (Å²) < 4.78 is 13.1. The van der Waals surface area contributed by atoms with Gasteiger partial charge in [-0.05, 0) is 48.8 Å². The molecule has 0 radical (unpaired) electrons. The van der Waals surface area contributed by atoms with Crippen LogP contribution in [-0.4, -0.2) is 6.04 Å². The van der Waals surface area contributed by atoms with Gasteiger partial charge < -0.3 is 11.5 Å². The lowest BCUT2D eigenvalue weighted by Gasteiger charge is -2.31. The summed E-state index contributed by atoms with van der Waals surface area (Å²) in [6, 6.07) is 5.31. The Hall–Kier alpha value is -1.09. The molecule has 0 aromatic heterocycles. The van der Waals surface area contributed by atoms with Gasteiger partial charge in [-0.15, -0.1) is 0 Å². The lowest BCUT2D eigenvalue weighted by molar-refractivity contribution is 0.308. The molecular weight excluding hydrogens is 203 g/mol. The van der Waals surface area contributed by atoms with E-state index in [1.54, 1.807) is 6.07 Å². The van der Waals surface area contributed by atoms with Gasteiger partial charge in [0.05, 0.1) is 5.69 Å². The monoisotopic (exact) mass is 222 g/mol. The lowest BCUT2D eigenvalue weighted by atomic mass is 9.76. The summed E-state index contributed by atoms with van der Waals surface area (Å²) in [7, 11) is 0. The highest BCUT2D eigenvalue weighted by Crippen LogP contribution is 2.36. The minimum Gasteiger partial charge on any atom is -0.396 e. The molecule has 1 aromatic rings. The molecule has 1 aromatic carbocycles. The highest BCUT2D eigenvalue weighted by Gasteiger charge is 2.25. The second-order valence-corrected chi connectivity index (χ2v) is 5.05. The molecule has 1 aliphatic rings. The molecule has 0 amide bonds. The summed E-state index contributed by atoms with van der Waals surface area (Å²) in [5.41, 5.74) is 13.0. The van der Waals surface area contributed by atoms with Crippen molar-refractivity contribution in [3.63, 3.8) is 0 Å². The molecule has 0 spiro atoms. The van der Waals surface area contributed by atoms with Crippen LogP contribution in [0.2, 0.25) is 0 Å². The van der Waals surface area contributed by atoms with Crippen LogP contribution in [0.1, 0.15) is 37.7 Å². The molecule has 3 heteroatoms. The summed E-state index contributed by atoms with van der Waals surface area (Å²) in [4.78, 5) is 0. The van der Waals surface area contributed by atoms with E-state index in [4.69, 9.17) is 11.5 Å². The molecule has 2 nitrogen and oxygen atoms in total. The Morgan fingerprint density at radius 3 is 2.62 bits per heavy atom. The molecule has 3 atom stereocenters. The highest BCUT2D eigenvalue weighted by molar-refractivity contribution is 5.43. The standard InChI is InChI=1S/C13H19FN2/c1-8-4-10(6-11(15)5-8)9-2-3-12(14)13(16)7-9/h2-3,7-8,10-11H,4-6,15-16H2,1H3. The molecule has 3 unspecified atom stereocenters. The first-order valence-corrected chi connectivity index (χ1v) is 5.86. The highest BCUT2D eigenvalue weighted by atomic mass is 19.1. The van der Waals surface area contributed by atoms with Gasteiger partial charge in [-0.3, -0.25) is 0 Å². The molecule has 0 bridgehead atoms. The predicted octanol–water partition coefficient (Wildman–Crippen LogP) is 2.64. The minimum absolute atomic E-state index is 0.240. The second-order valence-electron chi connectivity index (χ2n) is 5.05. The smallest absolute Gasteiger partial charge is 0.146 e. The number of halogens is 1. The molecule has 2 rings (SSSR count). The van der Waals surface area contributed by atoms with Crippen molar-refractivity contribution in [3.05, 3.63) is 29.6 Å². The van der Waals surface area contributed by atoms with E-state index in [-0.39, 0.29) is 17.5 Å². The Bertz CT molecular complexity index is 368. The number of benzene rings is 1. The van der Waals surface area contributed by atoms with E-state index >= 15 is 0 Å². The Kier molecular flexibility index (Phi) is 3.15. The number of rotatable bonds is 1. The zero-order valence-electron chi connectivity index (χ0n) is 9.62. The number of nitrogens with two attached hydrogens (primary N) is 2. The fourth-order valence-corrected chi connectivity index (χ4v) is 2.74. The first-order chi connectivity index (χ1) is 7.56. The molecule has 1 aliphatic carbocycles. The van der Waals surface area contributed by atoms with E-state index in [9.17, 15) is 4.39 Å². The maximum absolute atomic E-state index is 13.1. The van der Waals surface area contributed by atoms with Crippen LogP contribution in [0.5, 0.6) is 0 Å². The third kappa shape index (κ3) is 2.35. The quantitative estimate of drug-likeness (QED) is 0.718. The van der Waals surface area contributed by atoms with Crippen molar-refractivity contribution in [2.45, 2.75) is 38.1 Å². The van der Waals surface area contributed by atoms with Crippen LogP contribution in [0.4, 0.5) is 10.1 Å². The molecule has 0 aliphatic heterocycles. The van der Waals surface area contributed by atoms with Gasteiger partial charge in [-0.25, -0.2) is 4.39 Å². The minimum atomic E-state index is -0.336. The summed E-state index contributed by atoms with van der Waals surface area (Å²) in [5, 5.41) is 0. The summed E-state index contributed by atoms with van der Waals surface area (Å²) >= 11 is 0. The number of anilines is 1. The lowest BCUT2D eigenvalue weighted by Crippen LogP contribution is -2.30. The first-order valence-electron chi connectivity index (χ1n) is 5.86. The van der Waals surface area contributed by atoms with E-state index in [1.165, 1.54) is 6.07 Å². The Morgan fingerprint density at radius 1 is 1.25 bits per heavy atom. The Labute approximate surface area is 95.8 Å². The van der Waals surface area contributed by atoms with Crippen molar-refractivity contribution in [1.82, 2.24) is 0 Å². The molecule has 88 valence electrons. The maximum atomic E-state index is 13.1. The normalized spacial score (nSPS) is 30.3. The predicted molar refractivity (Wildman–Crippen MR) is 64.5 cm³/mol. The Balaban J connectivity index is 2.19. The fourth-order valence-electron chi connectivity index (χ4n) is 2.74. The molecular formula is C13H19FN2. The SMILES string of the molecule is CC1CC(N)CC(c2ccc(F)c(N)c2)C1. The van der Waals surface area contributed by atoms with E-state index < -0.39 is 0 Å².